The Kier molecular flexibility index (Phi) is 11.6. The van der Waals surface area contributed by atoms with Gasteiger partial charge in [-0.25, -0.2) is 14.8 Å². The molecule has 3 N–H and O–H groups in total. The number of hydrogen-bond donors (Lipinski definition) is 3. The molecular formula is C47H59N7O6. The molecule has 2 fully saturated rings. The number of H-pyrrole nitrogens is 2. The van der Waals surface area contributed by atoms with Crippen LogP contribution in [-0.2, 0) is 23.9 Å². The van der Waals surface area contributed by atoms with Gasteiger partial charge in [-0.2, -0.15) is 0 Å². The van der Waals surface area contributed by atoms with E-state index in [1.165, 1.54) is 14.2 Å². The second-order valence-electron chi connectivity index (χ2n) is 19.0. The molecule has 2 aliphatic heterocycles. The molecule has 2 saturated heterocycles. The molecule has 13 nitrogen and oxygen atoms in total. The quantitative estimate of drug-likeness (QED) is 0.112. The van der Waals surface area contributed by atoms with Gasteiger partial charge in [0.1, 0.15) is 17.7 Å². The molecule has 4 heterocycles. The highest BCUT2D eigenvalue weighted by molar-refractivity contribution is 5.88. The number of fused-ring (bicyclic) bond motifs is 2. The maximum absolute atomic E-state index is 14.0. The van der Waals surface area contributed by atoms with Gasteiger partial charge in [-0.05, 0) is 82.0 Å². The Balaban J connectivity index is 1.10. The Hall–Kier alpha value is -5.72. The SMILES string of the molecule is COC(=O)C[C@H](C(=O)N1CC(C)(C)C[C@H]1c1nc2ccc(-c3ccc(-c4ccc5nc([C@@H]6CC(C)(C)CN6C(=O)[C@@H](NC(=O)OC)C(C)C)[nH]c5c4)cc3)cc2[nH]1)C(C)C. The first-order chi connectivity index (χ1) is 28.4. The summed E-state index contributed by atoms with van der Waals surface area (Å²) in [5.41, 5.74) is 7.35. The van der Waals surface area contributed by atoms with Crippen molar-refractivity contribution in [2.45, 2.75) is 92.8 Å². The van der Waals surface area contributed by atoms with Crippen LogP contribution in [0.5, 0.6) is 0 Å². The van der Waals surface area contributed by atoms with Crippen LogP contribution in [-0.4, -0.2) is 87.0 Å². The number of hydrogen-bond acceptors (Lipinski definition) is 8. The number of likely N-dealkylation sites (tertiary alicyclic amines) is 2. The van der Waals surface area contributed by atoms with Crippen molar-refractivity contribution in [3.63, 3.8) is 0 Å². The van der Waals surface area contributed by atoms with Crippen LogP contribution < -0.4 is 5.32 Å². The lowest BCUT2D eigenvalue weighted by atomic mass is 9.90. The molecule has 4 atom stereocenters. The minimum Gasteiger partial charge on any atom is -0.469 e. The van der Waals surface area contributed by atoms with Gasteiger partial charge in [0.15, 0.2) is 0 Å². The van der Waals surface area contributed by atoms with Crippen LogP contribution in [0.1, 0.15) is 98.4 Å². The zero-order chi connectivity index (χ0) is 43.3. The van der Waals surface area contributed by atoms with E-state index >= 15 is 0 Å². The average molecular weight is 818 g/mol. The number of esters is 1. The first-order valence-corrected chi connectivity index (χ1v) is 21.0. The van der Waals surface area contributed by atoms with Gasteiger partial charge in [-0.1, -0.05) is 91.8 Å². The molecule has 60 heavy (non-hydrogen) atoms. The number of rotatable bonds is 11. The van der Waals surface area contributed by atoms with Crippen molar-refractivity contribution in [1.82, 2.24) is 35.1 Å². The molecule has 0 aliphatic carbocycles. The normalized spacial score (nSPS) is 19.6. The standard InChI is InChI=1S/C47H59N7O6/c1-26(2)32(21-39(55)59-9)43(56)53-24-46(5,6)22-37(53)41-48-33-17-15-30(19-35(33)50-41)28-11-13-29(14-12-28)31-16-18-34-36(20-31)51-42(49-34)38-23-47(7,8)25-54(38)44(57)40(27(3)4)52-45(58)60-10/h11-20,26-27,32,37-38,40H,21-25H2,1-10H3,(H,48,50)(H,49,51)(H,52,58)/t32-,37-,38-,40-/m0/s1. The zero-order valence-electron chi connectivity index (χ0n) is 36.5. The number of imidazole rings is 2. The van der Waals surface area contributed by atoms with Crippen LogP contribution in [0.25, 0.3) is 44.3 Å². The maximum atomic E-state index is 14.0. The number of alkyl carbamates (subject to hydrolysis) is 1. The van der Waals surface area contributed by atoms with Gasteiger partial charge in [0.2, 0.25) is 11.8 Å². The van der Waals surface area contributed by atoms with Crippen LogP contribution >= 0.6 is 0 Å². The van der Waals surface area contributed by atoms with Gasteiger partial charge >= 0.3 is 12.1 Å². The molecule has 2 aliphatic rings. The second kappa shape index (κ2) is 16.4. The fourth-order valence-corrected chi connectivity index (χ4v) is 9.04. The third kappa shape index (κ3) is 8.62. The first-order valence-electron chi connectivity index (χ1n) is 21.0. The van der Waals surface area contributed by atoms with E-state index in [2.05, 4.69) is 91.5 Å². The van der Waals surface area contributed by atoms with E-state index in [9.17, 15) is 19.2 Å². The molecule has 318 valence electrons. The number of methoxy groups -OCH3 is 2. The molecule has 13 heteroatoms. The topological polar surface area (TPSA) is 163 Å². The number of aromatic nitrogens is 4. The van der Waals surface area contributed by atoms with Gasteiger partial charge < -0.3 is 34.6 Å². The van der Waals surface area contributed by atoms with Crippen LogP contribution in [0.4, 0.5) is 4.79 Å². The summed E-state index contributed by atoms with van der Waals surface area (Å²) in [4.78, 5) is 73.1. The number of nitrogens with one attached hydrogen (secondary N) is 3. The summed E-state index contributed by atoms with van der Waals surface area (Å²) in [6, 6.07) is 19.6. The highest BCUT2D eigenvalue weighted by Crippen LogP contribution is 2.45. The summed E-state index contributed by atoms with van der Waals surface area (Å²) < 4.78 is 9.74. The second-order valence-corrected chi connectivity index (χ2v) is 19.0. The molecule has 0 saturated carbocycles. The summed E-state index contributed by atoms with van der Waals surface area (Å²) in [6.45, 7) is 17.5. The van der Waals surface area contributed by atoms with Crippen LogP contribution in [0.3, 0.4) is 0 Å². The molecule has 7 rings (SSSR count). The summed E-state index contributed by atoms with van der Waals surface area (Å²) >= 11 is 0. The fraction of sp³-hybridized carbons (Fsp3) is 0.489. The van der Waals surface area contributed by atoms with E-state index in [0.717, 1.165) is 68.8 Å². The Labute approximate surface area is 352 Å². The van der Waals surface area contributed by atoms with Gasteiger partial charge in [0, 0.05) is 13.1 Å². The lowest BCUT2D eigenvalue weighted by Gasteiger charge is -2.30. The molecule has 5 aromatic rings. The Bertz CT molecular complexity index is 2240. The minimum absolute atomic E-state index is 0.0193. The summed E-state index contributed by atoms with van der Waals surface area (Å²) in [5.74, 6) is 0.288. The average Bonchev–Trinajstić information content (AvgIpc) is 3.99. The number of carbonyl (C=O) groups excluding carboxylic acids is 4. The van der Waals surface area contributed by atoms with Crippen molar-refractivity contribution in [3.05, 3.63) is 72.3 Å². The molecule has 0 unspecified atom stereocenters. The lowest BCUT2D eigenvalue weighted by Crippen LogP contribution is -2.51. The Morgan fingerprint density at radius 3 is 1.55 bits per heavy atom. The van der Waals surface area contributed by atoms with E-state index in [4.69, 9.17) is 19.4 Å². The number of carbonyl (C=O) groups is 4. The van der Waals surface area contributed by atoms with Crippen LogP contribution in [0.2, 0.25) is 0 Å². The van der Waals surface area contributed by atoms with Crippen molar-refractivity contribution in [2.75, 3.05) is 27.3 Å². The number of ether oxygens (including phenoxy) is 2. The van der Waals surface area contributed by atoms with Crippen LogP contribution in [0.15, 0.2) is 60.7 Å². The highest BCUT2D eigenvalue weighted by atomic mass is 16.5. The van der Waals surface area contributed by atoms with Gasteiger partial charge in [0.25, 0.3) is 0 Å². The molecule has 0 spiro atoms. The van der Waals surface area contributed by atoms with Crippen molar-refractivity contribution in [3.8, 4) is 22.3 Å². The number of amides is 3. The predicted molar refractivity (Wildman–Crippen MR) is 231 cm³/mol. The molecule has 0 radical (unpaired) electrons. The van der Waals surface area contributed by atoms with Gasteiger partial charge in [-0.3, -0.25) is 14.4 Å². The van der Waals surface area contributed by atoms with Gasteiger partial charge in [0.05, 0.1) is 60.7 Å². The van der Waals surface area contributed by atoms with Crippen molar-refractivity contribution < 1.29 is 28.7 Å². The molecule has 0 bridgehead atoms. The van der Waals surface area contributed by atoms with Crippen molar-refractivity contribution in [1.29, 1.82) is 0 Å². The van der Waals surface area contributed by atoms with Gasteiger partial charge in [-0.15, -0.1) is 0 Å². The number of benzene rings is 3. The predicted octanol–water partition coefficient (Wildman–Crippen LogP) is 8.59. The third-order valence-corrected chi connectivity index (χ3v) is 12.3. The van der Waals surface area contributed by atoms with E-state index in [1.54, 1.807) is 0 Å². The monoisotopic (exact) mass is 817 g/mol. The fourth-order valence-electron chi connectivity index (χ4n) is 9.04. The Morgan fingerprint density at radius 2 is 1.13 bits per heavy atom. The molecule has 3 amide bonds. The Morgan fingerprint density at radius 1 is 0.683 bits per heavy atom. The minimum atomic E-state index is -0.719. The lowest BCUT2D eigenvalue weighted by molar-refractivity contribution is -0.148. The van der Waals surface area contributed by atoms with Crippen molar-refractivity contribution >= 4 is 45.9 Å². The molecule has 2 aromatic heterocycles. The third-order valence-electron chi connectivity index (χ3n) is 12.3. The number of aromatic amines is 2. The van der Waals surface area contributed by atoms with E-state index in [-0.39, 0.29) is 59.0 Å². The first kappa shape index (κ1) is 42.4. The number of nitrogens with zero attached hydrogens (tertiary/aromatic N) is 4. The zero-order valence-corrected chi connectivity index (χ0v) is 36.5. The maximum Gasteiger partial charge on any atom is 0.407 e. The van der Waals surface area contributed by atoms with Crippen LogP contribution in [0, 0.1) is 28.6 Å². The van der Waals surface area contributed by atoms with E-state index in [1.807, 2.05) is 49.6 Å². The smallest absolute Gasteiger partial charge is 0.407 e. The van der Waals surface area contributed by atoms with E-state index < -0.39 is 18.1 Å². The van der Waals surface area contributed by atoms with E-state index in [0.29, 0.717) is 13.1 Å². The molecule has 3 aromatic carbocycles. The van der Waals surface area contributed by atoms with Crippen molar-refractivity contribution in [2.24, 2.45) is 28.6 Å². The molecular weight excluding hydrogens is 759 g/mol. The summed E-state index contributed by atoms with van der Waals surface area (Å²) in [5, 5.41) is 2.74. The largest absolute Gasteiger partial charge is 0.469 e. The summed E-state index contributed by atoms with van der Waals surface area (Å²) in [6.07, 6.45) is 0.914. The highest BCUT2D eigenvalue weighted by Gasteiger charge is 2.46. The summed E-state index contributed by atoms with van der Waals surface area (Å²) in [7, 11) is 2.65.